The summed E-state index contributed by atoms with van der Waals surface area (Å²) in [7, 11) is 0. The third kappa shape index (κ3) is 2.77. The van der Waals surface area contributed by atoms with Crippen molar-refractivity contribution in [2.45, 2.75) is 6.54 Å². The molecule has 1 N–H and O–H groups in total. The minimum absolute atomic E-state index is 0.214. The Morgan fingerprint density at radius 3 is 3.00 bits per heavy atom. The third-order valence-corrected chi connectivity index (χ3v) is 3.03. The molecule has 0 bridgehead atoms. The first kappa shape index (κ1) is 12.9. The Hall–Kier alpha value is -3.07. The molecule has 2 heterocycles. The van der Waals surface area contributed by atoms with Crippen molar-refractivity contribution in [2.75, 3.05) is 6.79 Å². The van der Waals surface area contributed by atoms with Crippen molar-refractivity contribution in [1.29, 1.82) is 5.26 Å². The van der Waals surface area contributed by atoms with Gasteiger partial charge in [0.25, 0.3) is 5.91 Å². The van der Waals surface area contributed by atoms with E-state index in [9.17, 15) is 4.79 Å². The predicted molar refractivity (Wildman–Crippen MR) is 72.7 cm³/mol. The topological polar surface area (TPSA) is 84.2 Å². The SMILES string of the molecule is N#Cc1cc(C(=O)NCc2ccc3c(c2)OCO3)ccn1. The molecule has 0 saturated carbocycles. The number of fused-ring (bicyclic) bond motifs is 1. The van der Waals surface area contributed by atoms with Gasteiger partial charge in [-0.1, -0.05) is 6.07 Å². The molecule has 0 spiro atoms. The van der Waals surface area contributed by atoms with Crippen LogP contribution in [0.15, 0.2) is 36.5 Å². The molecule has 0 atom stereocenters. The summed E-state index contributed by atoms with van der Waals surface area (Å²) in [6.45, 7) is 0.582. The van der Waals surface area contributed by atoms with Crippen LogP contribution in [-0.2, 0) is 6.54 Å². The zero-order valence-electron chi connectivity index (χ0n) is 11.0. The van der Waals surface area contributed by atoms with Crippen molar-refractivity contribution in [2.24, 2.45) is 0 Å². The summed E-state index contributed by atoms with van der Waals surface area (Å²) >= 11 is 0. The number of rotatable bonds is 3. The van der Waals surface area contributed by atoms with E-state index >= 15 is 0 Å². The van der Waals surface area contributed by atoms with E-state index in [0.717, 1.165) is 5.56 Å². The van der Waals surface area contributed by atoms with Gasteiger partial charge in [0, 0.05) is 18.3 Å². The second-order valence-electron chi connectivity index (χ2n) is 4.41. The van der Waals surface area contributed by atoms with Gasteiger partial charge in [-0.3, -0.25) is 4.79 Å². The summed E-state index contributed by atoms with van der Waals surface area (Å²) in [5.74, 6) is 1.13. The number of hydrogen-bond acceptors (Lipinski definition) is 5. The molecule has 1 amide bonds. The molecular formula is C15H11N3O3. The van der Waals surface area contributed by atoms with E-state index in [1.807, 2.05) is 24.3 Å². The number of amides is 1. The summed E-state index contributed by atoms with van der Waals surface area (Å²) in [6, 6.07) is 10.4. The minimum Gasteiger partial charge on any atom is -0.454 e. The molecule has 0 radical (unpaired) electrons. The van der Waals surface area contributed by atoms with Gasteiger partial charge in [0.15, 0.2) is 11.5 Å². The average molecular weight is 281 g/mol. The van der Waals surface area contributed by atoms with Crippen molar-refractivity contribution < 1.29 is 14.3 Å². The molecule has 0 aliphatic carbocycles. The summed E-state index contributed by atoms with van der Waals surface area (Å²) in [4.78, 5) is 15.8. The first-order chi connectivity index (χ1) is 10.3. The predicted octanol–water partition coefficient (Wildman–Crippen LogP) is 1.61. The number of pyridine rings is 1. The van der Waals surface area contributed by atoms with Gasteiger partial charge in [-0.05, 0) is 29.8 Å². The molecule has 6 nitrogen and oxygen atoms in total. The lowest BCUT2D eigenvalue weighted by Gasteiger charge is -2.06. The van der Waals surface area contributed by atoms with Crippen molar-refractivity contribution in [1.82, 2.24) is 10.3 Å². The van der Waals surface area contributed by atoms with Crippen molar-refractivity contribution in [3.05, 3.63) is 53.3 Å². The van der Waals surface area contributed by atoms with E-state index in [-0.39, 0.29) is 18.4 Å². The highest BCUT2D eigenvalue weighted by Crippen LogP contribution is 2.32. The number of carbonyl (C=O) groups is 1. The van der Waals surface area contributed by atoms with Crippen molar-refractivity contribution in [3.8, 4) is 17.6 Å². The Balaban J connectivity index is 1.67. The van der Waals surface area contributed by atoms with Crippen LogP contribution in [0.5, 0.6) is 11.5 Å². The Morgan fingerprint density at radius 2 is 2.14 bits per heavy atom. The molecule has 104 valence electrons. The molecule has 0 saturated heterocycles. The first-order valence-electron chi connectivity index (χ1n) is 6.29. The monoisotopic (exact) mass is 281 g/mol. The summed E-state index contributed by atoms with van der Waals surface area (Å²) in [5.41, 5.74) is 1.52. The molecule has 3 rings (SSSR count). The molecule has 0 unspecified atom stereocenters. The molecule has 1 aromatic heterocycles. The fraction of sp³-hybridized carbons (Fsp3) is 0.133. The van der Waals surface area contributed by atoms with Crippen LogP contribution in [0.3, 0.4) is 0 Å². The summed E-state index contributed by atoms with van der Waals surface area (Å²) < 4.78 is 10.5. The second kappa shape index (κ2) is 5.51. The number of aromatic nitrogens is 1. The molecule has 1 aliphatic rings. The lowest BCUT2D eigenvalue weighted by atomic mass is 10.2. The largest absolute Gasteiger partial charge is 0.454 e. The number of nitriles is 1. The number of nitrogens with one attached hydrogen (secondary N) is 1. The van der Waals surface area contributed by atoms with Crippen LogP contribution >= 0.6 is 0 Å². The Kier molecular flexibility index (Phi) is 3.39. The maximum Gasteiger partial charge on any atom is 0.251 e. The van der Waals surface area contributed by atoms with Gasteiger partial charge in [-0.15, -0.1) is 0 Å². The van der Waals surface area contributed by atoms with E-state index in [2.05, 4.69) is 10.3 Å². The van der Waals surface area contributed by atoms with Crippen LogP contribution in [0.4, 0.5) is 0 Å². The van der Waals surface area contributed by atoms with Gasteiger partial charge < -0.3 is 14.8 Å². The lowest BCUT2D eigenvalue weighted by Crippen LogP contribution is -2.22. The van der Waals surface area contributed by atoms with Gasteiger partial charge in [0.2, 0.25) is 6.79 Å². The molecule has 0 fully saturated rings. The molecule has 6 heteroatoms. The number of nitrogens with zero attached hydrogens (tertiary/aromatic N) is 2. The highest BCUT2D eigenvalue weighted by molar-refractivity contribution is 5.94. The quantitative estimate of drug-likeness (QED) is 0.924. The van der Waals surface area contributed by atoms with Gasteiger partial charge >= 0.3 is 0 Å². The minimum atomic E-state index is -0.258. The van der Waals surface area contributed by atoms with Gasteiger partial charge in [0.1, 0.15) is 11.8 Å². The molecule has 1 aliphatic heterocycles. The number of benzene rings is 1. The smallest absolute Gasteiger partial charge is 0.251 e. The van der Waals surface area contributed by atoms with Gasteiger partial charge in [0.05, 0.1) is 0 Å². The van der Waals surface area contributed by atoms with Crippen LogP contribution in [0.2, 0.25) is 0 Å². The van der Waals surface area contributed by atoms with E-state index in [1.54, 1.807) is 6.07 Å². The zero-order chi connectivity index (χ0) is 14.7. The zero-order valence-corrected chi connectivity index (χ0v) is 11.0. The van der Waals surface area contributed by atoms with E-state index < -0.39 is 0 Å². The van der Waals surface area contributed by atoms with Crippen LogP contribution < -0.4 is 14.8 Å². The van der Waals surface area contributed by atoms with E-state index in [4.69, 9.17) is 14.7 Å². The van der Waals surface area contributed by atoms with Crippen LogP contribution in [0, 0.1) is 11.3 Å². The third-order valence-electron chi connectivity index (χ3n) is 3.03. The van der Waals surface area contributed by atoms with Crippen LogP contribution in [-0.4, -0.2) is 17.7 Å². The standard InChI is InChI=1S/C15H11N3O3/c16-7-12-6-11(3-4-17-12)15(19)18-8-10-1-2-13-14(5-10)21-9-20-13/h1-6H,8-9H2,(H,18,19). The first-order valence-corrected chi connectivity index (χ1v) is 6.29. The molecule has 1 aromatic carbocycles. The Bertz CT molecular complexity index is 737. The summed E-state index contributed by atoms with van der Waals surface area (Å²) in [6.07, 6.45) is 1.44. The van der Waals surface area contributed by atoms with Crippen molar-refractivity contribution >= 4 is 5.91 Å². The Morgan fingerprint density at radius 1 is 1.29 bits per heavy atom. The molecule has 21 heavy (non-hydrogen) atoms. The fourth-order valence-corrected chi connectivity index (χ4v) is 1.97. The maximum absolute atomic E-state index is 12.0. The average Bonchev–Trinajstić information content (AvgIpc) is 3.00. The maximum atomic E-state index is 12.0. The molecule has 2 aromatic rings. The normalized spacial score (nSPS) is 11.8. The van der Waals surface area contributed by atoms with Crippen LogP contribution in [0.1, 0.15) is 21.6 Å². The molecular weight excluding hydrogens is 270 g/mol. The summed E-state index contributed by atoms with van der Waals surface area (Å²) in [5, 5.41) is 11.6. The number of carbonyl (C=O) groups excluding carboxylic acids is 1. The highest BCUT2D eigenvalue weighted by Gasteiger charge is 2.13. The van der Waals surface area contributed by atoms with Gasteiger partial charge in [-0.25, -0.2) is 4.98 Å². The van der Waals surface area contributed by atoms with Gasteiger partial charge in [-0.2, -0.15) is 5.26 Å². The van der Waals surface area contributed by atoms with Crippen molar-refractivity contribution in [3.63, 3.8) is 0 Å². The van der Waals surface area contributed by atoms with Crippen LogP contribution in [0.25, 0.3) is 0 Å². The highest BCUT2D eigenvalue weighted by atomic mass is 16.7. The Labute approximate surface area is 120 Å². The second-order valence-corrected chi connectivity index (χ2v) is 4.41. The lowest BCUT2D eigenvalue weighted by molar-refractivity contribution is 0.0950. The fourth-order valence-electron chi connectivity index (χ4n) is 1.97. The number of hydrogen-bond donors (Lipinski definition) is 1. The van der Waals surface area contributed by atoms with E-state index in [0.29, 0.717) is 23.6 Å². The number of ether oxygens (including phenoxy) is 2. The van der Waals surface area contributed by atoms with E-state index in [1.165, 1.54) is 12.3 Å².